The maximum Gasteiger partial charge on any atom is 0.306 e. The lowest BCUT2D eigenvalue weighted by molar-refractivity contribution is -0.167. The minimum absolute atomic E-state index is 0.0974. The third-order valence-corrected chi connectivity index (χ3v) is 14.7. The lowest BCUT2D eigenvalue weighted by Crippen LogP contribution is -2.30. The van der Waals surface area contributed by atoms with Crippen LogP contribution >= 0.6 is 0 Å². The Kier molecular flexibility index (Phi) is 63.2. The summed E-state index contributed by atoms with van der Waals surface area (Å²) < 4.78 is 16.7. The first-order chi connectivity index (χ1) is 38.5. The lowest BCUT2D eigenvalue weighted by atomic mass is 10.0. The molecule has 0 aliphatic carbocycles. The summed E-state index contributed by atoms with van der Waals surface area (Å²) in [6.45, 7) is 6.43. The number of hydrogen-bond acceptors (Lipinski definition) is 6. The fourth-order valence-electron chi connectivity index (χ4n) is 9.67. The van der Waals surface area contributed by atoms with Gasteiger partial charge in [-0.3, -0.25) is 14.4 Å². The summed E-state index contributed by atoms with van der Waals surface area (Å²) in [5.41, 5.74) is 0. The summed E-state index contributed by atoms with van der Waals surface area (Å²) in [5.74, 6) is -0.961. The monoisotopic (exact) mass is 1090 g/mol. The zero-order valence-electron chi connectivity index (χ0n) is 51.7. The molecule has 0 spiro atoms. The SMILES string of the molecule is CC/C=C\C/C=C\C/C=C\C/C=C\C/C=C\C/C=C\C/C=C\CCCC(=O)OC(COC(=O)CCCCCCC)COC(=O)CCCCCCCCCCCCCCCCCCCCCCCCCCCCCCCCCC. The molecule has 1 unspecified atom stereocenters. The highest BCUT2D eigenvalue weighted by atomic mass is 16.6. The van der Waals surface area contributed by atoms with Gasteiger partial charge >= 0.3 is 17.9 Å². The van der Waals surface area contributed by atoms with Crippen LogP contribution in [0.15, 0.2) is 85.1 Å². The van der Waals surface area contributed by atoms with E-state index in [4.69, 9.17) is 14.2 Å². The predicted octanol–water partition coefficient (Wildman–Crippen LogP) is 23.1. The normalized spacial score (nSPS) is 12.6. The number of ether oxygens (including phenoxy) is 3. The van der Waals surface area contributed by atoms with Crippen LogP contribution in [0.4, 0.5) is 0 Å². The molecule has 0 saturated carbocycles. The summed E-state index contributed by atoms with van der Waals surface area (Å²) >= 11 is 0. The topological polar surface area (TPSA) is 78.9 Å². The van der Waals surface area contributed by atoms with Crippen molar-refractivity contribution < 1.29 is 28.6 Å². The molecule has 6 heteroatoms. The van der Waals surface area contributed by atoms with Crippen LogP contribution in [0.2, 0.25) is 0 Å². The minimum atomic E-state index is -0.803. The fourth-order valence-corrected chi connectivity index (χ4v) is 9.67. The van der Waals surface area contributed by atoms with E-state index in [2.05, 4.69) is 106 Å². The molecule has 78 heavy (non-hydrogen) atoms. The molecule has 450 valence electrons. The van der Waals surface area contributed by atoms with Gasteiger partial charge in [0.1, 0.15) is 13.2 Å². The number of hydrogen-bond donors (Lipinski definition) is 0. The van der Waals surface area contributed by atoms with Crippen LogP contribution in [0.5, 0.6) is 0 Å². The molecule has 0 N–H and O–H groups in total. The second-order valence-electron chi connectivity index (χ2n) is 22.4. The standard InChI is InChI=1S/C72H126O6/c1-4-7-10-13-15-17-19-21-23-25-27-29-31-32-33-34-35-36-37-38-39-41-42-44-46-48-50-52-54-56-59-62-65-71(74)77-68-69(67-76-70(73)64-61-58-12-9-6-3)78-72(75)66-63-60-57-55-53-51-49-47-45-43-40-30-28-26-24-22-20-18-16-14-11-8-5-2/h8,11,16,18,22,24,28,30,43,45,49,51,55,57,69H,4-7,9-10,12-15,17,19-21,23,25-27,29,31-42,44,46-48,50,52-54,56,58-68H2,1-3H3/b11-8-,18-16-,24-22-,30-28-,45-43-,51-49-,57-55-. The van der Waals surface area contributed by atoms with Crippen molar-refractivity contribution in [2.75, 3.05) is 13.2 Å². The van der Waals surface area contributed by atoms with E-state index in [-0.39, 0.29) is 37.5 Å². The van der Waals surface area contributed by atoms with Gasteiger partial charge in [0.05, 0.1) is 0 Å². The van der Waals surface area contributed by atoms with E-state index in [0.29, 0.717) is 19.3 Å². The van der Waals surface area contributed by atoms with Gasteiger partial charge in [0, 0.05) is 19.3 Å². The quantitative estimate of drug-likeness (QED) is 0.0261. The van der Waals surface area contributed by atoms with Crippen molar-refractivity contribution in [2.45, 2.75) is 341 Å². The van der Waals surface area contributed by atoms with E-state index >= 15 is 0 Å². The van der Waals surface area contributed by atoms with Crippen molar-refractivity contribution in [3.8, 4) is 0 Å². The molecule has 0 amide bonds. The van der Waals surface area contributed by atoms with Gasteiger partial charge in [-0.1, -0.05) is 331 Å². The average molecular weight is 1090 g/mol. The molecular weight excluding hydrogens is 961 g/mol. The zero-order chi connectivity index (χ0) is 56.4. The van der Waals surface area contributed by atoms with Crippen LogP contribution in [0, 0.1) is 0 Å². The maximum atomic E-state index is 12.8. The molecule has 1 atom stereocenters. The molecule has 6 nitrogen and oxygen atoms in total. The van der Waals surface area contributed by atoms with E-state index in [1.807, 2.05) is 0 Å². The van der Waals surface area contributed by atoms with Gasteiger partial charge in [-0.2, -0.15) is 0 Å². The molecule has 0 bridgehead atoms. The summed E-state index contributed by atoms with van der Waals surface area (Å²) in [5, 5.41) is 0. The third-order valence-electron chi connectivity index (χ3n) is 14.7. The van der Waals surface area contributed by atoms with Gasteiger partial charge in [-0.05, 0) is 70.6 Å². The smallest absolute Gasteiger partial charge is 0.306 e. The molecule has 0 radical (unpaired) electrons. The second-order valence-corrected chi connectivity index (χ2v) is 22.4. The lowest BCUT2D eigenvalue weighted by Gasteiger charge is -2.18. The van der Waals surface area contributed by atoms with Crippen LogP contribution in [0.3, 0.4) is 0 Å². The van der Waals surface area contributed by atoms with Crippen molar-refractivity contribution in [2.24, 2.45) is 0 Å². The van der Waals surface area contributed by atoms with Crippen LogP contribution in [0.25, 0.3) is 0 Å². The van der Waals surface area contributed by atoms with E-state index < -0.39 is 6.10 Å². The first-order valence-corrected chi connectivity index (χ1v) is 33.6. The van der Waals surface area contributed by atoms with E-state index in [1.54, 1.807) is 0 Å². The highest BCUT2D eigenvalue weighted by molar-refractivity contribution is 5.71. The van der Waals surface area contributed by atoms with Gasteiger partial charge in [0.2, 0.25) is 0 Å². The summed E-state index contributed by atoms with van der Waals surface area (Å²) in [4.78, 5) is 37.9. The van der Waals surface area contributed by atoms with E-state index in [0.717, 1.165) is 103 Å². The molecule has 0 heterocycles. The molecular formula is C72H126O6. The largest absolute Gasteiger partial charge is 0.462 e. The minimum Gasteiger partial charge on any atom is -0.462 e. The van der Waals surface area contributed by atoms with Crippen molar-refractivity contribution in [3.05, 3.63) is 85.1 Å². The molecule has 0 aliphatic heterocycles. The number of unbranched alkanes of at least 4 members (excludes halogenated alkanes) is 36. The number of esters is 3. The summed E-state index contributed by atoms with van der Waals surface area (Å²) in [7, 11) is 0. The average Bonchev–Trinajstić information content (AvgIpc) is 3.44. The highest BCUT2D eigenvalue weighted by Gasteiger charge is 2.19. The van der Waals surface area contributed by atoms with Gasteiger partial charge in [0.15, 0.2) is 6.10 Å². The van der Waals surface area contributed by atoms with Gasteiger partial charge in [-0.25, -0.2) is 0 Å². The first-order valence-electron chi connectivity index (χ1n) is 33.6. The van der Waals surface area contributed by atoms with Crippen molar-refractivity contribution in [1.29, 1.82) is 0 Å². The predicted molar refractivity (Wildman–Crippen MR) is 339 cm³/mol. The molecule has 0 aromatic heterocycles. The molecule has 0 fully saturated rings. The second kappa shape index (κ2) is 66.1. The van der Waals surface area contributed by atoms with Gasteiger partial charge in [-0.15, -0.1) is 0 Å². The number of carbonyl (C=O) groups is 3. The molecule has 0 aromatic carbocycles. The molecule has 0 aliphatic rings. The summed E-state index contributed by atoms with van der Waals surface area (Å²) in [6.07, 6.45) is 88.2. The Morgan fingerprint density at radius 1 is 0.269 bits per heavy atom. The molecule has 0 rings (SSSR count). The number of carbonyl (C=O) groups excluding carboxylic acids is 3. The van der Waals surface area contributed by atoms with Gasteiger partial charge < -0.3 is 14.2 Å². The van der Waals surface area contributed by atoms with Crippen molar-refractivity contribution in [1.82, 2.24) is 0 Å². The Morgan fingerprint density at radius 2 is 0.500 bits per heavy atom. The Morgan fingerprint density at radius 3 is 0.769 bits per heavy atom. The van der Waals surface area contributed by atoms with Crippen LogP contribution < -0.4 is 0 Å². The van der Waals surface area contributed by atoms with Crippen molar-refractivity contribution >= 4 is 17.9 Å². The van der Waals surface area contributed by atoms with Crippen LogP contribution in [-0.2, 0) is 28.6 Å². The van der Waals surface area contributed by atoms with Crippen molar-refractivity contribution in [3.63, 3.8) is 0 Å². The number of allylic oxidation sites excluding steroid dienone is 14. The maximum absolute atomic E-state index is 12.8. The first kappa shape index (κ1) is 74.6. The Hall–Kier alpha value is -3.41. The fraction of sp³-hybridized carbons (Fsp3) is 0.764. The Bertz CT molecular complexity index is 1480. The summed E-state index contributed by atoms with van der Waals surface area (Å²) in [6, 6.07) is 0. The Labute approximate surface area is 484 Å². The van der Waals surface area contributed by atoms with Gasteiger partial charge in [0.25, 0.3) is 0 Å². The van der Waals surface area contributed by atoms with E-state index in [1.165, 1.54) is 186 Å². The molecule has 0 aromatic rings. The van der Waals surface area contributed by atoms with Crippen LogP contribution in [-0.4, -0.2) is 37.2 Å². The molecule has 0 saturated heterocycles. The van der Waals surface area contributed by atoms with E-state index in [9.17, 15) is 14.4 Å². The highest BCUT2D eigenvalue weighted by Crippen LogP contribution is 2.18. The number of rotatable bonds is 61. The zero-order valence-corrected chi connectivity index (χ0v) is 51.7. The Balaban J connectivity index is 4.02. The van der Waals surface area contributed by atoms with Crippen LogP contribution in [0.1, 0.15) is 335 Å². The third kappa shape index (κ3) is 63.4.